The number of ether oxygens (including phenoxy) is 2. The zero-order chi connectivity index (χ0) is 15.7. The van der Waals surface area contributed by atoms with Crippen LogP contribution in [-0.4, -0.2) is 67.4 Å². The minimum Gasteiger partial charge on any atom is -0.481 e. The van der Waals surface area contributed by atoms with E-state index in [9.17, 15) is 14.4 Å². The fourth-order valence-electron chi connectivity index (χ4n) is 2.06. The number of hydrogen-bond acceptors (Lipinski definition) is 5. The summed E-state index contributed by atoms with van der Waals surface area (Å²) < 4.78 is 9.73. The summed E-state index contributed by atoms with van der Waals surface area (Å²) in [6, 6.07) is -0.305. The third-order valence-corrected chi connectivity index (χ3v) is 3.11. The van der Waals surface area contributed by atoms with Crippen molar-refractivity contribution in [1.82, 2.24) is 10.2 Å². The van der Waals surface area contributed by atoms with E-state index in [-0.39, 0.29) is 32.3 Å². The Hall–Kier alpha value is -1.83. The first-order chi connectivity index (χ1) is 10.0. The van der Waals surface area contributed by atoms with E-state index in [1.165, 1.54) is 4.90 Å². The normalized spacial score (nSPS) is 18.1. The lowest BCUT2D eigenvalue weighted by molar-refractivity contribution is -0.148. The molecule has 0 aromatic carbocycles. The molecule has 21 heavy (non-hydrogen) atoms. The molecule has 1 fully saturated rings. The van der Waals surface area contributed by atoms with Gasteiger partial charge in [0, 0.05) is 19.6 Å². The Morgan fingerprint density at radius 1 is 1.38 bits per heavy atom. The molecule has 2 amide bonds. The fraction of sp³-hybridized carbons (Fsp3) is 0.769. The van der Waals surface area contributed by atoms with Gasteiger partial charge >= 0.3 is 18.0 Å². The van der Waals surface area contributed by atoms with Gasteiger partial charge in [-0.3, -0.25) is 4.79 Å². The third-order valence-electron chi connectivity index (χ3n) is 3.11. The van der Waals surface area contributed by atoms with E-state index >= 15 is 0 Å². The summed E-state index contributed by atoms with van der Waals surface area (Å²) in [7, 11) is 0. The molecule has 1 aliphatic heterocycles. The van der Waals surface area contributed by atoms with Crippen LogP contribution in [0, 0.1) is 5.92 Å². The summed E-state index contributed by atoms with van der Waals surface area (Å²) in [6.07, 6.45) is 1.28. The summed E-state index contributed by atoms with van der Waals surface area (Å²) in [5.41, 5.74) is 0. The third kappa shape index (κ3) is 6.44. The summed E-state index contributed by atoms with van der Waals surface area (Å²) in [6.45, 7) is 3.10. The van der Waals surface area contributed by atoms with E-state index in [1.807, 2.05) is 0 Å². The van der Waals surface area contributed by atoms with Crippen LogP contribution < -0.4 is 5.32 Å². The highest BCUT2D eigenvalue weighted by molar-refractivity contribution is 5.76. The Kier molecular flexibility index (Phi) is 7.52. The molecule has 0 saturated carbocycles. The molecular formula is C13H22N2O6. The maximum Gasteiger partial charge on any atom is 0.332 e. The highest BCUT2D eigenvalue weighted by Gasteiger charge is 2.27. The summed E-state index contributed by atoms with van der Waals surface area (Å²) in [5, 5.41) is 11.6. The molecule has 1 heterocycles. The van der Waals surface area contributed by atoms with Crippen LogP contribution in [0.4, 0.5) is 4.79 Å². The molecule has 120 valence electrons. The van der Waals surface area contributed by atoms with Crippen molar-refractivity contribution >= 4 is 18.0 Å². The van der Waals surface area contributed by atoms with Gasteiger partial charge in [-0.15, -0.1) is 0 Å². The number of likely N-dealkylation sites (tertiary alicyclic amines) is 1. The molecule has 1 rings (SSSR count). The zero-order valence-electron chi connectivity index (χ0n) is 12.2. The number of nitrogens with zero attached hydrogens (tertiary/aromatic N) is 1. The summed E-state index contributed by atoms with van der Waals surface area (Å²) in [4.78, 5) is 35.2. The van der Waals surface area contributed by atoms with Crippen LogP contribution in [0.2, 0.25) is 0 Å². The molecule has 0 aromatic rings. The average Bonchev–Trinajstić information content (AvgIpc) is 2.47. The molecular weight excluding hydrogens is 280 g/mol. The first kappa shape index (κ1) is 17.2. The largest absolute Gasteiger partial charge is 0.481 e. The SMILES string of the molecule is CCOC(=O)COCCNC(=O)N1CCCC(C(=O)O)C1. The van der Waals surface area contributed by atoms with E-state index in [0.29, 0.717) is 26.0 Å². The predicted molar refractivity (Wildman–Crippen MR) is 72.8 cm³/mol. The Labute approximate surface area is 123 Å². The Balaban J connectivity index is 2.16. The van der Waals surface area contributed by atoms with Gasteiger partial charge in [0.15, 0.2) is 0 Å². The molecule has 8 heteroatoms. The Bertz CT molecular complexity index is 374. The molecule has 8 nitrogen and oxygen atoms in total. The molecule has 0 bridgehead atoms. The van der Waals surface area contributed by atoms with Crippen LogP contribution in [0.15, 0.2) is 0 Å². The number of nitrogens with one attached hydrogen (secondary N) is 1. The molecule has 0 radical (unpaired) electrons. The van der Waals surface area contributed by atoms with Crippen LogP contribution in [0.25, 0.3) is 0 Å². The number of rotatable bonds is 7. The second-order valence-electron chi connectivity index (χ2n) is 4.71. The van der Waals surface area contributed by atoms with Gasteiger partial charge in [0.1, 0.15) is 6.61 Å². The number of aliphatic carboxylic acids is 1. The van der Waals surface area contributed by atoms with Crippen molar-refractivity contribution in [3.05, 3.63) is 0 Å². The van der Waals surface area contributed by atoms with Crippen LogP contribution in [0.3, 0.4) is 0 Å². The van der Waals surface area contributed by atoms with Gasteiger partial charge in [-0.2, -0.15) is 0 Å². The van der Waals surface area contributed by atoms with E-state index in [2.05, 4.69) is 10.1 Å². The van der Waals surface area contributed by atoms with Crippen molar-refractivity contribution in [2.24, 2.45) is 5.92 Å². The zero-order valence-corrected chi connectivity index (χ0v) is 12.2. The maximum absolute atomic E-state index is 11.8. The van der Waals surface area contributed by atoms with Crippen LogP contribution in [-0.2, 0) is 19.1 Å². The molecule has 0 spiro atoms. The molecule has 1 aliphatic rings. The fourth-order valence-corrected chi connectivity index (χ4v) is 2.06. The van der Waals surface area contributed by atoms with Gasteiger partial charge in [0.2, 0.25) is 0 Å². The second kappa shape index (κ2) is 9.17. The van der Waals surface area contributed by atoms with E-state index in [0.717, 1.165) is 0 Å². The monoisotopic (exact) mass is 302 g/mol. The topological polar surface area (TPSA) is 105 Å². The average molecular weight is 302 g/mol. The number of carbonyl (C=O) groups is 3. The van der Waals surface area contributed by atoms with Crippen molar-refractivity contribution < 1.29 is 29.0 Å². The lowest BCUT2D eigenvalue weighted by atomic mass is 9.99. The molecule has 2 N–H and O–H groups in total. The van der Waals surface area contributed by atoms with Gasteiger partial charge in [-0.25, -0.2) is 9.59 Å². The molecule has 1 unspecified atom stereocenters. The van der Waals surface area contributed by atoms with Crippen LogP contribution >= 0.6 is 0 Å². The number of hydrogen-bond donors (Lipinski definition) is 2. The number of carboxylic acids is 1. The van der Waals surface area contributed by atoms with Gasteiger partial charge in [-0.05, 0) is 19.8 Å². The van der Waals surface area contributed by atoms with E-state index in [1.54, 1.807) is 6.92 Å². The van der Waals surface area contributed by atoms with E-state index in [4.69, 9.17) is 9.84 Å². The maximum atomic E-state index is 11.8. The molecule has 1 atom stereocenters. The smallest absolute Gasteiger partial charge is 0.332 e. The number of piperidine rings is 1. The standard InChI is InChI=1S/C13H22N2O6/c1-2-21-11(16)9-20-7-5-14-13(19)15-6-3-4-10(8-15)12(17)18/h10H,2-9H2,1H3,(H,14,19)(H,17,18). The number of amides is 2. The van der Waals surface area contributed by atoms with Crippen molar-refractivity contribution in [3.8, 4) is 0 Å². The van der Waals surface area contributed by atoms with Crippen LogP contribution in [0.1, 0.15) is 19.8 Å². The van der Waals surface area contributed by atoms with E-state index < -0.39 is 17.9 Å². The quantitative estimate of drug-likeness (QED) is 0.509. The molecule has 1 saturated heterocycles. The highest BCUT2D eigenvalue weighted by atomic mass is 16.6. The van der Waals surface area contributed by atoms with Crippen molar-refractivity contribution in [2.75, 3.05) is 39.5 Å². The molecule has 0 aliphatic carbocycles. The minimum atomic E-state index is -0.870. The van der Waals surface area contributed by atoms with Crippen molar-refractivity contribution in [3.63, 3.8) is 0 Å². The Morgan fingerprint density at radius 3 is 2.81 bits per heavy atom. The molecule has 0 aromatic heterocycles. The summed E-state index contributed by atoms with van der Waals surface area (Å²) >= 11 is 0. The highest BCUT2D eigenvalue weighted by Crippen LogP contribution is 2.16. The number of esters is 1. The minimum absolute atomic E-state index is 0.144. The lowest BCUT2D eigenvalue weighted by Crippen LogP contribution is -2.47. The number of carbonyl (C=O) groups excluding carboxylic acids is 2. The summed E-state index contributed by atoms with van der Waals surface area (Å²) in [5.74, 6) is -1.81. The van der Waals surface area contributed by atoms with Gasteiger partial charge in [0.25, 0.3) is 0 Å². The first-order valence-corrected chi connectivity index (χ1v) is 7.03. The van der Waals surface area contributed by atoms with Crippen molar-refractivity contribution in [2.45, 2.75) is 19.8 Å². The van der Waals surface area contributed by atoms with Gasteiger partial charge in [0.05, 0.1) is 19.1 Å². The van der Waals surface area contributed by atoms with Crippen LogP contribution in [0.5, 0.6) is 0 Å². The van der Waals surface area contributed by atoms with Crippen molar-refractivity contribution in [1.29, 1.82) is 0 Å². The second-order valence-corrected chi connectivity index (χ2v) is 4.71. The lowest BCUT2D eigenvalue weighted by Gasteiger charge is -2.30. The van der Waals surface area contributed by atoms with Gasteiger partial charge < -0.3 is 24.8 Å². The predicted octanol–water partition coefficient (Wildman–Crippen LogP) is 0.0723. The van der Waals surface area contributed by atoms with Gasteiger partial charge in [-0.1, -0.05) is 0 Å². The number of urea groups is 1. The number of carboxylic acid groups (broad SMARTS) is 1. The first-order valence-electron chi connectivity index (χ1n) is 7.03. The Morgan fingerprint density at radius 2 is 2.14 bits per heavy atom.